The first-order chi connectivity index (χ1) is 21.1. The van der Waals surface area contributed by atoms with E-state index in [-0.39, 0.29) is 11.8 Å². The summed E-state index contributed by atoms with van der Waals surface area (Å²) in [5, 5.41) is 0. The molecule has 4 rings (SSSR count). The fourth-order valence-corrected chi connectivity index (χ4v) is 5.66. The molecule has 0 saturated carbocycles. The Kier molecular flexibility index (Phi) is 13.6. The lowest BCUT2D eigenvalue weighted by Crippen LogP contribution is -2.27. The van der Waals surface area contributed by atoms with Crippen LogP contribution >= 0.6 is 18.3 Å². The molecule has 4 aromatic carbocycles. The molecule has 0 saturated heterocycles. The molecule has 0 aliphatic carbocycles. The van der Waals surface area contributed by atoms with Gasteiger partial charge in [-0.25, -0.2) is 0 Å². The maximum Gasteiger partial charge on any atom is 0.161 e. The van der Waals surface area contributed by atoms with Crippen LogP contribution in [0.5, 0.6) is 23.0 Å². The van der Waals surface area contributed by atoms with Gasteiger partial charge < -0.3 is 28.0 Å². The zero-order chi connectivity index (χ0) is 30.3. The summed E-state index contributed by atoms with van der Waals surface area (Å²) in [5.41, 5.74) is 4.53. The summed E-state index contributed by atoms with van der Waals surface area (Å²) in [6.07, 6.45) is 1.62. The number of rotatable bonds is 18. The van der Waals surface area contributed by atoms with Crippen LogP contribution in [-0.2, 0) is 35.1 Å². The first kappa shape index (κ1) is 32.8. The Morgan fingerprint density at radius 1 is 0.581 bits per heavy atom. The van der Waals surface area contributed by atoms with Crippen molar-refractivity contribution < 1.29 is 28.0 Å². The second-order valence-corrected chi connectivity index (χ2v) is 11.3. The number of benzene rings is 4. The van der Waals surface area contributed by atoms with Crippen molar-refractivity contribution in [1.29, 1.82) is 0 Å². The highest BCUT2D eigenvalue weighted by atomic mass is 31.1. The van der Waals surface area contributed by atoms with Crippen LogP contribution in [0.2, 0.25) is 0 Å². The normalized spacial score (nSPS) is 12.7. The second-order valence-electron chi connectivity index (χ2n) is 10.3. The van der Waals surface area contributed by atoms with E-state index in [1.807, 2.05) is 60.7 Å². The van der Waals surface area contributed by atoms with Crippen LogP contribution < -0.4 is 18.9 Å². The van der Waals surface area contributed by atoms with E-state index in [1.165, 1.54) is 0 Å². The van der Waals surface area contributed by atoms with Crippen molar-refractivity contribution in [2.75, 3.05) is 34.1 Å². The van der Waals surface area contributed by atoms with Gasteiger partial charge in [-0.3, -0.25) is 0 Å². The van der Waals surface area contributed by atoms with E-state index in [4.69, 9.17) is 28.0 Å². The number of hydrogen-bond acceptors (Lipinski definition) is 6. The van der Waals surface area contributed by atoms with Gasteiger partial charge in [-0.2, -0.15) is 0 Å². The van der Waals surface area contributed by atoms with Gasteiger partial charge in [0.15, 0.2) is 23.0 Å². The summed E-state index contributed by atoms with van der Waals surface area (Å²) in [7, 11) is 6.18. The lowest BCUT2D eigenvalue weighted by molar-refractivity contribution is 0.160. The second kappa shape index (κ2) is 17.9. The topological polar surface area (TPSA) is 55.4 Å². The van der Waals surface area contributed by atoms with Crippen molar-refractivity contribution in [2.45, 2.75) is 26.1 Å². The molecule has 2 unspecified atom stereocenters. The van der Waals surface area contributed by atoms with Gasteiger partial charge in [-0.05, 0) is 77.9 Å². The van der Waals surface area contributed by atoms with Crippen LogP contribution in [-0.4, -0.2) is 34.1 Å². The molecule has 8 heteroatoms. The van der Waals surface area contributed by atoms with Crippen molar-refractivity contribution in [1.82, 2.24) is 0 Å². The quantitative estimate of drug-likeness (QED) is 0.105. The van der Waals surface area contributed by atoms with E-state index in [2.05, 4.69) is 52.5 Å². The van der Waals surface area contributed by atoms with Gasteiger partial charge in [0.2, 0.25) is 0 Å². The van der Waals surface area contributed by atoms with Gasteiger partial charge in [0.1, 0.15) is 13.2 Å². The van der Waals surface area contributed by atoms with E-state index in [0.29, 0.717) is 35.2 Å². The Hall–Kier alpha value is -3.14. The molecule has 0 aromatic heterocycles. The van der Waals surface area contributed by atoms with Crippen LogP contribution in [0.4, 0.5) is 0 Å². The minimum absolute atomic E-state index is 0.203. The van der Waals surface area contributed by atoms with E-state index in [1.54, 1.807) is 14.2 Å². The zero-order valence-electron chi connectivity index (χ0n) is 25.2. The van der Waals surface area contributed by atoms with Crippen LogP contribution in [0, 0.1) is 11.8 Å². The summed E-state index contributed by atoms with van der Waals surface area (Å²) < 4.78 is 35.2. The van der Waals surface area contributed by atoms with Crippen molar-refractivity contribution in [3.63, 3.8) is 0 Å². The molecular formula is C35H42O6P2. The molecule has 0 fully saturated rings. The predicted octanol–water partition coefficient (Wildman–Crippen LogP) is 7.93. The third-order valence-electron chi connectivity index (χ3n) is 7.34. The molecule has 4 aromatic rings. The van der Waals surface area contributed by atoms with Crippen LogP contribution in [0.25, 0.3) is 0 Å². The Morgan fingerprint density at radius 2 is 1.05 bits per heavy atom. The van der Waals surface area contributed by atoms with Crippen LogP contribution in [0.1, 0.15) is 22.3 Å². The summed E-state index contributed by atoms with van der Waals surface area (Å²) in [6.45, 7) is 4.24. The number of hydrogen-bond donors (Lipinski definition) is 0. The summed E-state index contributed by atoms with van der Waals surface area (Å²) in [4.78, 5) is 0. The average Bonchev–Trinajstić information content (AvgIpc) is 3.06. The standard InChI is InChI=1S/C35H42O6P2/c1-36-34-20-28(14-16-32(34)38-22-26-10-6-4-7-11-26)18-30(24-40-42)31(25-41-43-3)19-29-15-17-33(35(21-29)37-2)39-23-27-12-8-5-9-13-27/h4-17,20-21,30-31,43H,18-19,22-25,42H2,1-3H3/t30-,31-/m0/s1. The molecule has 43 heavy (non-hydrogen) atoms. The van der Waals surface area contributed by atoms with Crippen LogP contribution in [0.15, 0.2) is 97.1 Å². The maximum absolute atomic E-state index is 6.08. The van der Waals surface area contributed by atoms with E-state index in [9.17, 15) is 0 Å². The van der Waals surface area contributed by atoms with Crippen molar-refractivity contribution >= 4 is 18.3 Å². The smallest absolute Gasteiger partial charge is 0.161 e. The molecule has 0 amide bonds. The number of ether oxygens (including phenoxy) is 4. The largest absolute Gasteiger partial charge is 0.493 e. The van der Waals surface area contributed by atoms with Gasteiger partial charge in [0.05, 0.1) is 27.4 Å². The van der Waals surface area contributed by atoms with Crippen molar-refractivity contribution in [3.05, 3.63) is 119 Å². The van der Waals surface area contributed by atoms with E-state index >= 15 is 0 Å². The Bertz CT molecular complexity index is 1370. The van der Waals surface area contributed by atoms with Crippen LogP contribution in [0.3, 0.4) is 0 Å². The van der Waals surface area contributed by atoms with E-state index < -0.39 is 0 Å². The number of methoxy groups -OCH3 is 2. The first-order valence-electron chi connectivity index (χ1n) is 14.4. The highest BCUT2D eigenvalue weighted by Crippen LogP contribution is 2.34. The van der Waals surface area contributed by atoms with Gasteiger partial charge in [0.25, 0.3) is 0 Å². The lowest BCUT2D eigenvalue weighted by atomic mass is 9.83. The minimum Gasteiger partial charge on any atom is -0.493 e. The van der Waals surface area contributed by atoms with Crippen molar-refractivity contribution in [3.8, 4) is 23.0 Å². The van der Waals surface area contributed by atoms with Gasteiger partial charge >= 0.3 is 0 Å². The SMILES string of the molecule is COc1cc(C[C@@H](COP)[C@H](COPC)Cc2ccc(OCc3ccccc3)c(OC)c2)ccc1OCc1ccccc1. The molecule has 0 bridgehead atoms. The van der Waals surface area contributed by atoms with Gasteiger partial charge in [-0.15, -0.1) is 0 Å². The summed E-state index contributed by atoms with van der Waals surface area (Å²) in [5.74, 6) is 3.31. The first-order valence-corrected chi connectivity index (χ1v) is 16.3. The molecule has 0 aliphatic rings. The lowest BCUT2D eigenvalue weighted by Gasteiger charge is -2.27. The highest BCUT2D eigenvalue weighted by molar-refractivity contribution is 7.31. The molecule has 0 heterocycles. The molecule has 0 aliphatic heterocycles. The van der Waals surface area contributed by atoms with Gasteiger partial charge in [0, 0.05) is 18.3 Å². The molecule has 0 spiro atoms. The third-order valence-corrected chi connectivity index (χ3v) is 7.99. The zero-order valence-corrected chi connectivity index (χ0v) is 27.3. The molecule has 6 nitrogen and oxygen atoms in total. The average molecular weight is 621 g/mol. The molecule has 228 valence electrons. The van der Waals surface area contributed by atoms with E-state index in [0.717, 1.165) is 58.1 Å². The van der Waals surface area contributed by atoms with Crippen molar-refractivity contribution in [2.24, 2.45) is 11.8 Å². The fourth-order valence-electron chi connectivity index (χ4n) is 5.03. The van der Waals surface area contributed by atoms with Gasteiger partial charge in [-0.1, -0.05) is 72.8 Å². The molecular weight excluding hydrogens is 578 g/mol. The molecule has 4 atom stereocenters. The summed E-state index contributed by atoms with van der Waals surface area (Å²) >= 11 is 0. The Labute approximate surface area is 260 Å². The Morgan fingerprint density at radius 3 is 1.47 bits per heavy atom. The Balaban J connectivity index is 1.47. The predicted molar refractivity (Wildman–Crippen MR) is 178 cm³/mol. The summed E-state index contributed by atoms with van der Waals surface area (Å²) in [6, 6.07) is 32.6. The third kappa shape index (κ3) is 10.2. The monoisotopic (exact) mass is 620 g/mol. The minimum atomic E-state index is 0.203. The fraction of sp³-hybridized carbons (Fsp3) is 0.314. The molecule has 0 N–H and O–H groups in total. The molecule has 0 radical (unpaired) electrons. The highest BCUT2D eigenvalue weighted by Gasteiger charge is 2.24. The maximum atomic E-state index is 6.08.